The SMILES string of the molecule is CC(C)(C)OC(=O)N1C[C@H](NC(=O)c2ncc(-c3cccc(C(F)(F)F)c3)o2)C[C@H]1CS(C)(=O)=O. The zero-order valence-electron chi connectivity index (χ0n) is 19.5. The van der Waals surface area contributed by atoms with Gasteiger partial charge < -0.3 is 19.4 Å². The molecular weight excluding hydrogens is 491 g/mol. The number of sulfone groups is 1. The number of amides is 2. The molecule has 1 fully saturated rings. The van der Waals surface area contributed by atoms with Crippen molar-refractivity contribution in [1.29, 1.82) is 0 Å². The van der Waals surface area contributed by atoms with Crippen LogP contribution in [-0.2, 0) is 20.8 Å². The van der Waals surface area contributed by atoms with Gasteiger partial charge in [-0.2, -0.15) is 13.2 Å². The molecule has 0 aliphatic carbocycles. The fourth-order valence-electron chi connectivity index (χ4n) is 3.68. The maximum Gasteiger partial charge on any atom is 0.416 e. The lowest BCUT2D eigenvalue weighted by Crippen LogP contribution is -2.43. The van der Waals surface area contributed by atoms with Gasteiger partial charge in [-0.05, 0) is 39.3 Å². The number of rotatable bonds is 5. The molecule has 35 heavy (non-hydrogen) atoms. The number of benzene rings is 1. The number of halogens is 3. The second-order valence-corrected chi connectivity index (χ2v) is 11.6. The van der Waals surface area contributed by atoms with Crippen molar-refractivity contribution >= 4 is 21.8 Å². The largest absolute Gasteiger partial charge is 0.444 e. The molecule has 0 saturated carbocycles. The Bertz CT molecular complexity index is 1200. The second-order valence-electron chi connectivity index (χ2n) is 9.39. The van der Waals surface area contributed by atoms with E-state index in [4.69, 9.17) is 9.15 Å². The number of alkyl halides is 3. The van der Waals surface area contributed by atoms with Crippen LogP contribution in [0.25, 0.3) is 11.3 Å². The van der Waals surface area contributed by atoms with E-state index >= 15 is 0 Å². The van der Waals surface area contributed by atoms with Gasteiger partial charge in [0.15, 0.2) is 5.76 Å². The minimum absolute atomic E-state index is 0.00202. The highest BCUT2D eigenvalue weighted by molar-refractivity contribution is 7.90. The normalized spacial score (nSPS) is 19.0. The Morgan fingerprint density at radius 2 is 1.94 bits per heavy atom. The highest BCUT2D eigenvalue weighted by atomic mass is 32.2. The predicted octanol–water partition coefficient (Wildman–Crippen LogP) is 3.51. The maximum absolute atomic E-state index is 13.0. The van der Waals surface area contributed by atoms with E-state index in [0.29, 0.717) is 0 Å². The molecule has 192 valence electrons. The lowest BCUT2D eigenvalue weighted by Gasteiger charge is -2.28. The number of ether oxygens (including phenoxy) is 1. The maximum atomic E-state index is 13.0. The molecule has 1 aromatic carbocycles. The number of nitrogens with one attached hydrogen (secondary N) is 1. The minimum atomic E-state index is -4.54. The van der Waals surface area contributed by atoms with Crippen LogP contribution in [0.5, 0.6) is 0 Å². The number of hydrogen-bond acceptors (Lipinski definition) is 7. The van der Waals surface area contributed by atoms with Crippen LogP contribution >= 0.6 is 0 Å². The Hall–Kier alpha value is -3.09. The highest BCUT2D eigenvalue weighted by Crippen LogP contribution is 2.32. The van der Waals surface area contributed by atoms with Crippen LogP contribution in [0.2, 0.25) is 0 Å². The van der Waals surface area contributed by atoms with E-state index in [1.165, 1.54) is 17.0 Å². The van der Waals surface area contributed by atoms with Crippen molar-refractivity contribution in [1.82, 2.24) is 15.2 Å². The van der Waals surface area contributed by atoms with E-state index in [1.54, 1.807) is 20.8 Å². The van der Waals surface area contributed by atoms with Crippen molar-refractivity contribution in [3.8, 4) is 11.3 Å². The van der Waals surface area contributed by atoms with Gasteiger partial charge in [0.05, 0.1) is 23.6 Å². The molecule has 0 bridgehead atoms. The van der Waals surface area contributed by atoms with Crippen LogP contribution in [0.1, 0.15) is 43.4 Å². The Morgan fingerprint density at radius 1 is 1.26 bits per heavy atom. The van der Waals surface area contributed by atoms with E-state index in [1.807, 2.05) is 0 Å². The molecule has 2 atom stereocenters. The van der Waals surface area contributed by atoms with E-state index < -0.39 is 51.3 Å². The van der Waals surface area contributed by atoms with Gasteiger partial charge >= 0.3 is 18.2 Å². The lowest BCUT2D eigenvalue weighted by molar-refractivity contribution is -0.137. The molecule has 1 aliphatic rings. The molecule has 3 rings (SSSR count). The Balaban J connectivity index is 1.73. The molecule has 2 aromatic rings. The summed E-state index contributed by atoms with van der Waals surface area (Å²) in [6.45, 7) is 5.03. The first kappa shape index (κ1) is 26.5. The summed E-state index contributed by atoms with van der Waals surface area (Å²) in [6.07, 6.45) is -2.90. The third-order valence-corrected chi connectivity index (χ3v) is 6.04. The molecule has 0 spiro atoms. The summed E-state index contributed by atoms with van der Waals surface area (Å²) in [4.78, 5) is 30.4. The predicted molar refractivity (Wildman–Crippen MR) is 119 cm³/mol. The van der Waals surface area contributed by atoms with E-state index in [0.717, 1.165) is 24.6 Å². The van der Waals surface area contributed by atoms with Crippen molar-refractivity contribution in [3.63, 3.8) is 0 Å². The van der Waals surface area contributed by atoms with Gasteiger partial charge in [-0.25, -0.2) is 18.2 Å². The summed E-state index contributed by atoms with van der Waals surface area (Å²) >= 11 is 0. The standard InChI is InChI=1S/C22H26F3N3O6S/c1-21(2,3)34-20(30)28-11-15(9-16(28)12-35(4,31)32)27-18(29)19-26-10-17(33-19)13-6-5-7-14(8-13)22(23,24)25/h5-8,10,15-16H,9,11-12H2,1-4H3,(H,27,29)/t15-,16+/m1/s1. The second kappa shape index (κ2) is 9.51. The molecule has 1 N–H and O–H groups in total. The quantitative estimate of drug-likeness (QED) is 0.645. The number of carbonyl (C=O) groups is 2. The number of carbonyl (C=O) groups excluding carboxylic acids is 2. The van der Waals surface area contributed by atoms with Crippen LogP contribution in [0.4, 0.5) is 18.0 Å². The van der Waals surface area contributed by atoms with Gasteiger partial charge in [0.2, 0.25) is 0 Å². The molecule has 9 nitrogen and oxygen atoms in total. The summed E-state index contributed by atoms with van der Waals surface area (Å²) in [5, 5.41) is 2.64. The Kier molecular flexibility index (Phi) is 7.21. The number of nitrogens with zero attached hydrogens (tertiary/aromatic N) is 2. The first-order chi connectivity index (χ1) is 16.0. The molecule has 0 unspecified atom stereocenters. The average molecular weight is 518 g/mol. The van der Waals surface area contributed by atoms with Crippen LogP contribution < -0.4 is 5.32 Å². The summed E-state index contributed by atoms with van der Waals surface area (Å²) in [5.41, 5.74) is -1.58. The van der Waals surface area contributed by atoms with Gasteiger partial charge in [-0.15, -0.1) is 0 Å². The van der Waals surface area contributed by atoms with Gasteiger partial charge in [-0.3, -0.25) is 4.79 Å². The fourth-order valence-corrected chi connectivity index (χ4v) is 4.70. The zero-order chi connectivity index (χ0) is 26.2. The van der Waals surface area contributed by atoms with Gasteiger partial charge in [0.25, 0.3) is 5.89 Å². The monoisotopic (exact) mass is 517 g/mol. The lowest BCUT2D eigenvalue weighted by atomic mass is 10.1. The molecular formula is C22H26F3N3O6S. The first-order valence-electron chi connectivity index (χ1n) is 10.6. The third-order valence-electron chi connectivity index (χ3n) is 5.05. The molecule has 2 heterocycles. The van der Waals surface area contributed by atoms with Crippen molar-refractivity contribution < 1.29 is 40.3 Å². The van der Waals surface area contributed by atoms with Crippen molar-refractivity contribution in [2.75, 3.05) is 18.6 Å². The summed E-state index contributed by atoms with van der Waals surface area (Å²) in [7, 11) is -3.44. The molecule has 2 amide bonds. The average Bonchev–Trinajstić information content (AvgIpc) is 3.32. The van der Waals surface area contributed by atoms with Gasteiger partial charge in [0.1, 0.15) is 15.4 Å². The van der Waals surface area contributed by atoms with Gasteiger partial charge in [-0.1, -0.05) is 12.1 Å². The van der Waals surface area contributed by atoms with Crippen molar-refractivity contribution in [3.05, 3.63) is 41.9 Å². The smallest absolute Gasteiger partial charge is 0.416 e. The van der Waals surface area contributed by atoms with Crippen molar-refractivity contribution in [2.45, 2.75) is 51.1 Å². The highest BCUT2D eigenvalue weighted by Gasteiger charge is 2.40. The number of likely N-dealkylation sites (tertiary alicyclic amines) is 1. The third kappa shape index (κ3) is 7.20. The molecule has 1 saturated heterocycles. The first-order valence-corrected chi connectivity index (χ1v) is 12.7. The van der Waals surface area contributed by atoms with E-state index in [-0.39, 0.29) is 35.9 Å². The number of aromatic nitrogens is 1. The molecule has 1 aliphatic heterocycles. The van der Waals surface area contributed by atoms with Crippen LogP contribution in [-0.4, -0.2) is 66.5 Å². The van der Waals surface area contributed by atoms with E-state index in [9.17, 15) is 31.2 Å². The zero-order valence-corrected chi connectivity index (χ0v) is 20.4. The number of hydrogen-bond donors (Lipinski definition) is 1. The molecule has 1 aromatic heterocycles. The fraction of sp³-hybridized carbons (Fsp3) is 0.500. The van der Waals surface area contributed by atoms with Crippen LogP contribution in [0, 0.1) is 0 Å². The number of oxazole rings is 1. The Morgan fingerprint density at radius 3 is 2.54 bits per heavy atom. The molecule has 13 heteroatoms. The van der Waals surface area contributed by atoms with Crippen LogP contribution in [0.15, 0.2) is 34.9 Å². The summed E-state index contributed by atoms with van der Waals surface area (Å²) in [6, 6.07) is 3.07. The van der Waals surface area contributed by atoms with E-state index in [2.05, 4.69) is 10.3 Å². The van der Waals surface area contributed by atoms with Crippen molar-refractivity contribution in [2.24, 2.45) is 0 Å². The minimum Gasteiger partial charge on any atom is -0.444 e. The topological polar surface area (TPSA) is 119 Å². The Labute approximate surface area is 200 Å². The molecule has 0 radical (unpaired) electrons. The van der Waals surface area contributed by atoms with Crippen LogP contribution in [0.3, 0.4) is 0 Å². The van der Waals surface area contributed by atoms with Gasteiger partial charge in [0, 0.05) is 24.4 Å². The summed E-state index contributed by atoms with van der Waals surface area (Å²) in [5.74, 6) is -1.47. The summed E-state index contributed by atoms with van der Waals surface area (Å²) < 4.78 is 73.3.